The Balaban J connectivity index is 2.36. The summed E-state index contributed by atoms with van der Waals surface area (Å²) in [6.45, 7) is 0. The molecule has 0 saturated heterocycles. The Bertz CT molecular complexity index is 760. The molecule has 3 N–H and O–H groups in total. The molecule has 2 aromatic rings. The van der Waals surface area contributed by atoms with Crippen LogP contribution in [0.15, 0.2) is 41.6 Å². The van der Waals surface area contributed by atoms with Gasteiger partial charge in [0.25, 0.3) is 10.0 Å². The summed E-state index contributed by atoms with van der Waals surface area (Å²) < 4.78 is 32.0. The van der Waals surface area contributed by atoms with Gasteiger partial charge < -0.3 is 10.5 Å². The molecule has 0 saturated carbocycles. The zero-order valence-corrected chi connectivity index (χ0v) is 12.6. The number of nitrogens with one attached hydrogen (secondary N) is 1. The van der Waals surface area contributed by atoms with Crippen LogP contribution in [0.25, 0.3) is 0 Å². The van der Waals surface area contributed by atoms with Crippen molar-refractivity contribution in [3.05, 3.63) is 42.4 Å². The van der Waals surface area contributed by atoms with Crippen molar-refractivity contribution in [3.8, 4) is 5.88 Å². The zero-order valence-electron chi connectivity index (χ0n) is 11.0. The van der Waals surface area contributed by atoms with Crippen molar-refractivity contribution in [1.82, 2.24) is 9.97 Å². The van der Waals surface area contributed by atoms with Crippen molar-refractivity contribution in [2.75, 3.05) is 11.8 Å². The molecule has 2 heterocycles. The molecular formula is C12H12N4O3S2. The van der Waals surface area contributed by atoms with Crippen LogP contribution < -0.4 is 15.2 Å². The molecule has 0 fully saturated rings. The normalized spacial score (nSPS) is 10.9. The SMILES string of the molecule is COc1ccc(NS(=O)(=O)c2cccnc2C(N)=S)cn1. The maximum Gasteiger partial charge on any atom is 0.264 e. The van der Waals surface area contributed by atoms with Gasteiger partial charge in [-0.25, -0.2) is 13.4 Å². The first-order valence-corrected chi connectivity index (χ1v) is 7.61. The van der Waals surface area contributed by atoms with Gasteiger partial charge in [-0.15, -0.1) is 0 Å². The van der Waals surface area contributed by atoms with E-state index < -0.39 is 10.0 Å². The number of methoxy groups -OCH3 is 1. The Labute approximate surface area is 127 Å². The molecule has 0 amide bonds. The molecule has 0 atom stereocenters. The van der Waals surface area contributed by atoms with E-state index in [2.05, 4.69) is 14.7 Å². The molecule has 0 aliphatic rings. The van der Waals surface area contributed by atoms with Gasteiger partial charge in [-0.2, -0.15) is 0 Å². The highest BCUT2D eigenvalue weighted by Crippen LogP contribution is 2.19. The molecule has 0 spiro atoms. The van der Waals surface area contributed by atoms with Crippen LogP contribution in [0.1, 0.15) is 5.69 Å². The zero-order chi connectivity index (χ0) is 15.5. The molecule has 0 aromatic carbocycles. The van der Waals surface area contributed by atoms with Crippen molar-refractivity contribution < 1.29 is 13.2 Å². The smallest absolute Gasteiger partial charge is 0.264 e. The van der Waals surface area contributed by atoms with E-state index in [4.69, 9.17) is 22.7 Å². The van der Waals surface area contributed by atoms with Crippen molar-refractivity contribution in [3.63, 3.8) is 0 Å². The highest BCUT2D eigenvalue weighted by molar-refractivity contribution is 7.93. The largest absolute Gasteiger partial charge is 0.481 e. The van der Waals surface area contributed by atoms with Crippen LogP contribution in [0, 0.1) is 0 Å². The van der Waals surface area contributed by atoms with Crippen LogP contribution in [-0.4, -0.2) is 30.5 Å². The number of nitrogens with two attached hydrogens (primary N) is 1. The third kappa shape index (κ3) is 3.44. The van der Waals surface area contributed by atoms with E-state index in [1.165, 1.54) is 43.8 Å². The third-order valence-electron chi connectivity index (χ3n) is 2.49. The maximum absolute atomic E-state index is 12.4. The third-order valence-corrected chi connectivity index (χ3v) is 4.10. The van der Waals surface area contributed by atoms with Gasteiger partial charge >= 0.3 is 0 Å². The molecule has 2 rings (SSSR count). The van der Waals surface area contributed by atoms with Crippen LogP contribution in [0.2, 0.25) is 0 Å². The number of aromatic nitrogens is 2. The monoisotopic (exact) mass is 324 g/mol. The highest BCUT2D eigenvalue weighted by atomic mass is 32.2. The van der Waals surface area contributed by atoms with Gasteiger partial charge in [0.1, 0.15) is 15.6 Å². The standard InChI is InChI=1S/C12H12N4O3S2/c1-19-10-5-4-8(7-15-10)16-21(17,18)9-3-2-6-14-11(9)12(13)20/h2-7,16H,1H3,(H2,13,20). The van der Waals surface area contributed by atoms with E-state index in [9.17, 15) is 8.42 Å². The van der Waals surface area contributed by atoms with Crippen molar-refractivity contribution in [2.24, 2.45) is 5.73 Å². The number of hydrogen-bond donors (Lipinski definition) is 2. The average molecular weight is 324 g/mol. The van der Waals surface area contributed by atoms with E-state index in [0.717, 1.165) is 0 Å². The molecule has 0 aliphatic heterocycles. The van der Waals surface area contributed by atoms with E-state index >= 15 is 0 Å². The van der Waals surface area contributed by atoms with E-state index in [1.54, 1.807) is 0 Å². The van der Waals surface area contributed by atoms with Gasteiger partial charge in [0.2, 0.25) is 5.88 Å². The first kappa shape index (κ1) is 15.1. The number of ether oxygens (including phenoxy) is 1. The molecule has 0 unspecified atom stereocenters. The molecule has 7 nitrogen and oxygen atoms in total. The first-order valence-electron chi connectivity index (χ1n) is 5.72. The number of nitrogens with zero attached hydrogens (tertiary/aromatic N) is 2. The lowest BCUT2D eigenvalue weighted by Gasteiger charge is -2.10. The lowest BCUT2D eigenvalue weighted by atomic mass is 10.3. The quantitative estimate of drug-likeness (QED) is 0.787. The second-order valence-electron chi connectivity index (χ2n) is 3.91. The lowest BCUT2D eigenvalue weighted by molar-refractivity contribution is 0.398. The number of sulfonamides is 1. The highest BCUT2D eigenvalue weighted by Gasteiger charge is 2.20. The summed E-state index contributed by atoms with van der Waals surface area (Å²) in [6.07, 6.45) is 2.76. The van der Waals surface area contributed by atoms with Gasteiger partial charge in [0.05, 0.1) is 19.0 Å². The summed E-state index contributed by atoms with van der Waals surface area (Å²) >= 11 is 4.81. The Morgan fingerprint density at radius 1 is 1.33 bits per heavy atom. The predicted octanol–water partition coefficient (Wildman–Crippen LogP) is 0.920. The van der Waals surface area contributed by atoms with Gasteiger partial charge in [-0.05, 0) is 18.2 Å². The Kier molecular flexibility index (Phi) is 4.34. The number of anilines is 1. The average Bonchev–Trinajstić information content (AvgIpc) is 2.47. The Hall–Kier alpha value is -2.26. The lowest BCUT2D eigenvalue weighted by Crippen LogP contribution is -2.21. The van der Waals surface area contributed by atoms with Crippen LogP contribution in [0.4, 0.5) is 5.69 Å². The summed E-state index contributed by atoms with van der Waals surface area (Å²) in [5.41, 5.74) is 5.82. The minimum Gasteiger partial charge on any atom is -0.481 e. The van der Waals surface area contributed by atoms with Crippen molar-refractivity contribution in [1.29, 1.82) is 0 Å². The minimum absolute atomic E-state index is 0.0430. The number of hydrogen-bond acceptors (Lipinski definition) is 6. The summed E-state index contributed by atoms with van der Waals surface area (Å²) in [5, 5.41) is 0. The molecule has 0 aliphatic carbocycles. The molecule has 110 valence electrons. The Morgan fingerprint density at radius 3 is 2.67 bits per heavy atom. The summed E-state index contributed by atoms with van der Waals surface area (Å²) in [4.78, 5) is 7.63. The Morgan fingerprint density at radius 2 is 2.10 bits per heavy atom. The first-order chi connectivity index (χ1) is 9.94. The second kappa shape index (κ2) is 6.02. The van der Waals surface area contributed by atoms with Crippen LogP contribution in [-0.2, 0) is 10.0 Å². The molecule has 2 aromatic heterocycles. The van der Waals surface area contributed by atoms with Crippen LogP contribution >= 0.6 is 12.2 Å². The predicted molar refractivity (Wildman–Crippen MR) is 81.7 cm³/mol. The molecular weight excluding hydrogens is 312 g/mol. The van der Waals surface area contributed by atoms with Gasteiger partial charge in [-0.3, -0.25) is 9.71 Å². The molecule has 9 heteroatoms. The second-order valence-corrected chi connectivity index (χ2v) is 6.00. The topological polar surface area (TPSA) is 107 Å². The summed E-state index contributed by atoms with van der Waals surface area (Å²) in [7, 11) is -2.40. The van der Waals surface area contributed by atoms with Gasteiger partial charge in [0.15, 0.2) is 0 Å². The number of rotatable bonds is 5. The summed E-state index contributed by atoms with van der Waals surface area (Å²) in [5.74, 6) is 0.378. The fourth-order valence-electron chi connectivity index (χ4n) is 1.56. The number of pyridine rings is 2. The molecule has 0 bridgehead atoms. The summed E-state index contributed by atoms with van der Waals surface area (Å²) in [6, 6.07) is 5.93. The maximum atomic E-state index is 12.4. The number of thiocarbonyl (C=S) groups is 1. The van der Waals surface area contributed by atoms with Crippen LogP contribution in [0.3, 0.4) is 0 Å². The van der Waals surface area contributed by atoms with E-state index in [1.807, 2.05) is 0 Å². The van der Waals surface area contributed by atoms with Crippen molar-refractivity contribution >= 4 is 32.9 Å². The fraction of sp³-hybridized carbons (Fsp3) is 0.0833. The van der Waals surface area contributed by atoms with Crippen molar-refractivity contribution in [2.45, 2.75) is 4.90 Å². The molecule has 0 radical (unpaired) electrons. The van der Waals surface area contributed by atoms with Crippen LogP contribution in [0.5, 0.6) is 5.88 Å². The minimum atomic E-state index is -3.87. The molecule has 21 heavy (non-hydrogen) atoms. The van der Waals surface area contributed by atoms with Gasteiger partial charge in [0, 0.05) is 12.3 Å². The van der Waals surface area contributed by atoms with E-state index in [0.29, 0.717) is 5.88 Å². The fourth-order valence-corrected chi connectivity index (χ4v) is 3.01. The van der Waals surface area contributed by atoms with E-state index in [-0.39, 0.29) is 21.3 Å². The van der Waals surface area contributed by atoms with Gasteiger partial charge in [-0.1, -0.05) is 12.2 Å².